The summed E-state index contributed by atoms with van der Waals surface area (Å²) in [5.74, 6) is 0.604. The van der Waals surface area contributed by atoms with Crippen LogP contribution in [0.15, 0.2) is 20.9 Å². The minimum absolute atomic E-state index is 0.551. The molecule has 0 aliphatic heterocycles. The average Bonchev–Trinajstić information content (AvgIpc) is 2.90. The number of hydrogen-bond acceptors (Lipinski definition) is 2. The van der Waals surface area contributed by atoms with Gasteiger partial charge in [0.25, 0.3) is 0 Å². The Kier molecular flexibility index (Phi) is 4.86. The largest absolute Gasteiger partial charge is 0.370 e. The molecule has 0 atom stereocenters. The summed E-state index contributed by atoms with van der Waals surface area (Å²) in [4.78, 5) is 5.71. The summed E-state index contributed by atoms with van der Waals surface area (Å²) in [7, 11) is 0. The Labute approximate surface area is 115 Å². The van der Waals surface area contributed by atoms with E-state index in [9.17, 15) is 0 Å². The molecule has 94 valence electrons. The van der Waals surface area contributed by atoms with Crippen molar-refractivity contribution in [1.29, 1.82) is 0 Å². The minimum atomic E-state index is 0.551. The molecule has 5 heteroatoms. The van der Waals surface area contributed by atoms with Gasteiger partial charge in [0.2, 0.25) is 0 Å². The molecule has 0 spiro atoms. The van der Waals surface area contributed by atoms with Gasteiger partial charge >= 0.3 is 0 Å². The third-order valence-corrected chi connectivity index (χ3v) is 4.66. The van der Waals surface area contributed by atoms with Crippen molar-refractivity contribution in [2.24, 2.45) is 10.7 Å². The first kappa shape index (κ1) is 12.9. The molecule has 0 bridgehead atoms. The van der Waals surface area contributed by atoms with Gasteiger partial charge in [-0.15, -0.1) is 11.3 Å². The summed E-state index contributed by atoms with van der Waals surface area (Å²) in [6, 6.07) is 4.75. The van der Waals surface area contributed by atoms with Crippen molar-refractivity contribution in [3.05, 3.63) is 20.8 Å². The zero-order valence-electron chi connectivity index (χ0n) is 9.79. The van der Waals surface area contributed by atoms with Gasteiger partial charge in [0.15, 0.2) is 5.96 Å². The van der Waals surface area contributed by atoms with Crippen LogP contribution in [0.2, 0.25) is 0 Å². The molecule has 1 aliphatic rings. The number of halogens is 1. The van der Waals surface area contributed by atoms with Crippen molar-refractivity contribution in [2.45, 2.75) is 38.1 Å². The second-order valence-electron chi connectivity index (χ2n) is 4.35. The van der Waals surface area contributed by atoms with E-state index in [0.717, 1.165) is 13.0 Å². The molecular weight excluding hydrogens is 298 g/mol. The van der Waals surface area contributed by atoms with Crippen molar-refractivity contribution in [2.75, 3.05) is 6.54 Å². The van der Waals surface area contributed by atoms with E-state index in [1.807, 2.05) is 0 Å². The molecular formula is C12H18BrN3S. The standard InChI is InChI=1S/C12H18BrN3S/c13-11-6-5-10(17-11)7-8-15-12(14)16-9-3-1-2-4-9/h5-6,9H,1-4,7-8H2,(H3,14,15,16). The second kappa shape index (κ2) is 6.40. The van der Waals surface area contributed by atoms with Gasteiger partial charge in [-0.2, -0.15) is 0 Å². The molecule has 1 aromatic heterocycles. The van der Waals surface area contributed by atoms with Crippen LogP contribution in [-0.2, 0) is 6.42 Å². The van der Waals surface area contributed by atoms with E-state index in [1.54, 1.807) is 11.3 Å². The van der Waals surface area contributed by atoms with Gasteiger partial charge < -0.3 is 11.1 Å². The summed E-state index contributed by atoms with van der Waals surface area (Å²) in [6.07, 6.45) is 6.05. The van der Waals surface area contributed by atoms with Gasteiger partial charge in [-0.25, -0.2) is 0 Å². The van der Waals surface area contributed by atoms with E-state index in [0.29, 0.717) is 12.0 Å². The van der Waals surface area contributed by atoms with Crippen molar-refractivity contribution in [3.8, 4) is 0 Å². The lowest BCUT2D eigenvalue weighted by Crippen LogP contribution is -2.38. The Morgan fingerprint density at radius 1 is 1.47 bits per heavy atom. The van der Waals surface area contributed by atoms with Crippen LogP contribution in [0.3, 0.4) is 0 Å². The molecule has 1 aliphatic carbocycles. The fraction of sp³-hybridized carbons (Fsp3) is 0.583. The predicted octanol–water partition coefficient (Wildman–Crippen LogP) is 2.90. The van der Waals surface area contributed by atoms with Gasteiger partial charge in [0, 0.05) is 23.9 Å². The Morgan fingerprint density at radius 3 is 2.88 bits per heavy atom. The van der Waals surface area contributed by atoms with Crippen molar-refractivity contribution >= 4 is 33.2 Å². The molecule has 1 aromatic rings. The molecule has 0 aromatic carbocycles. The van der Waals surface area contributed by atoms with Crippen LogP contribution in [0.5, 0.6) is 0 Å². The maximum Gasteiger partial charge on any atom is 0.188 e. The maximum atomic E-state index is 5.86. The fourth-order valence-corrected chi connectivity index (χ4v) is 3.57. The number of hydrogen-bond donors (Lipinski definition) is 2. The lowest BCUT2D eigenvalue weighted by Gasteiger charge is -2.11. The van der Waals surface area contributed by atoms with Crippen LogP contribution < -0.4 is 11.1 Å². The number of thiophene rings is 1. The first-order valence-electron chi connectivity index (χ1n) is 6.05. The van der Waals surface area contributed by atoms with Gasteiger partial charge in [-0.3, -0.25) is 4.99 Å². The molecule has 3 N–H and O–H groups in total. The van der Waals surface area contributed by atoms with Gasteiger partial charge in [-0.1, -0.05) is 12.8 Å². The number of aliphatic imine (C=N–C) groups is 1. The topological polar surface area (TPSA) is 50.4 Å². The highest BCUT2D eigenvalue weighted by atomic mass is 79.9. The summed E-state index contributed by atoms with van der Waals surface area (Å²) < 4.78 is 1.17. The van der Waals surface area contributed by atoms with Crippen LogP contribution in [0, 0.1) is 0 Å². The van der Waals surface area contributed by atoms with E-state index < -0.39 is 0 Å². The van der Waals surface area contributed by atoms with Crippen molar-refractivity contribution < 1.29 is 0 Å². The minimum Gasteiger partial charge on any atom is -0.370 e. The van der Waals surface area contributed by atoms with E-state index in [2.05, 4.69) is 38.4 Å². The summed E-state index contributed by atoms with van der Waals surface area (Å²) in [5, 5.41) is 3.29. The number of guanidine groups is 1. The molecule has 0 radical (unpaired) electrons. The van der Waals surface area contributed by atoms with Crippen LogP contribution in [0.1, 0.15) is 30.6 Å². The third kappa shape index (κ3) is 4.32. The maximum absolute atomic E-state index is 5.86. The van der Waals surface area contributed by atoms with E-state index >= 15 is 0 Å². The molecule has 0 saturated heterocycles. The number of rotatable bonds is 4. The zero-order chi connectivity index (χ0) is 12.1. The molecule has 1 fully saturated rings. The lowest BCUT2D eigenvalue weighted by atomic mass is 10.2. The Hall–Kier alpha value is -0.550. The Bertz CT molecular complexity index is 383. The van der Waals surface area contributed by atoms with E-state index in [1.165, 1.54) is 34.3 Å². The summed E-state index contributed by atoms with van der Waals surface area (Å²) in [6.45, 7) is 0.762. The van der Waals surface area contributed by atoms with Gasteiger partial charge in [0.1, 0.15) is 0 Å². The molecule has 17 heavy (non-hydrogen) atoms. The third-order valence-electron chi connectivity index (χ3n) is 2.98. The smallest absolute Gasteiger partial charge is 0.188 e. The summed E-state index contributed by atoms with van der Waals surface area (Å²) in [5.41, 5.74) is 5.86. The Morgan fingerprint density at radius 2 is 2.24 bits per heavy atom. The highest BCUT2D eigenvalue weighted by Crippen LogP contribution is 2.22. The number of nitrogens with one attached hydrogen (secondary N) is 1. The molecule has 0 unspecified atom stereocenters. The highest BCUT2D eigenvalue weighted by Gasteiger charge is 2.14. The first-order valence-corrected chi connectivity index (χ1v) is 7.65. The molecule has 1 saturated carbocycles. The second-order valence-corrected chi connectivity index (χ2v) is 6.90. The fourth-order valence-electron chi connectivity index (χ4n) is 2.10. The van der Waals surface area contributed by atoms with Crippen molar-refractivity contribution in [1.82, 2.24) is 5.32 Å². The predicted molar refractivity (Wildman–Crippen MR) is 77.6 cm³/mol. The normalized spacial score (nSPS) is 17.6. The van der Waals surface area contributed by atoms with Crippen LogP contribution in [0.25, 0.3) is 0 Å². The highest BCUT2D eigenvalue weighted by molar-refractivity contribution is 9.11. The van der Waals surface area contributed by atoms with E-state index in [-0.39, 0.29) is 0 Å². The monoisotopic (exact) mass is 315 g/mol. The SMILES string of the molecule is NC(=NCCc1ccc(Br)s1)NC1CCCC1. The van der Waals surface area contributed by atoms with Crippen LogP contribution in [0.4, 0.5) is 0 Å². The van der Waals surface area contributed by atoms with Gasteiger partial charge in [0.05, 0.1) is 3.79 Å². The molecule has 1 heterocycles. The quantitative estimate of drug-likeness (QED) is 0.663. The van der Waals surface area contributed by atoms with Crippen molar-refractivity contribution in [3.63, 3.8) is 0 Å². The summed E-state index contributed by atoms with van der Waals surface area (Å²) >= 11 is 5.22. The van der Waals surface area contributed by atoms with E-state index in [4.69, 9.17) is 5.73 Å². The van der Waals surface area contributed by atoms with Crippen LogP contribution >= 0.6 is 27.3 Å². The average molecular weight is 316 g/mol. The van der Waals surface area contributed by atoms with Gasteiger partial charge in [-0.05, 0) is 40.9 Å². The zero-order valence-corrected chi connectivity index (χ0v) is 12.2. The Balaban J connectivity index is 1.72. The molecule has 3 nitrogen and oxygen atoms in total. The van der Waals surface area contributed by atoms with Crippen LogP contribution in [-0.4, -0.2) is 18.5 Å². The molecule has 0 amide bonds. The molecule has 2 rings (SSSR count). The lowest BCUT2D eigenvalue weighted by molar-refractivity contribution is 0.625. The number of nitrogens with two attached hydrogens (primary N) is 1. The first-order chi connectivity index (χ1) is 8.24. The number of nitrogens with zero attached hydrogens (tertiary/aromatic N) is 1.